The van der Waals surface area contributed by atoms with Crippen LogP contribution in [0.15, 0.2) is 48.5 Å². The van der Waals surface area contributed by atoms with Crippen LogP contribution < -0.4 is 9.80 Å². The zero-order valence-electron chi connectivity index (χ0n) is 15.1. The van der Waals surface area contributed by atoms with Crippen molar-refractivity contribution < 1.29 is 9.59 Å². The van der Waals surface area contributed by atoms with E-state index in [2.05, 4.69) is 0 Å². The summed E-state index contributed by atoms with van der Waals surface area (Å²) in [4.78, 5) is 29.5. The van der Waals surface area contributed by atoms with Gasteiger partial charge in [-0.05, 0) is 37.1 Å². The number of carbonyl (C=O) groups excluding carboxylic acids is 2. The second-order valence-electron chi connectivity index (χ2n) is 6.53. The number of hydrogen-bond acceptors (Lipinski definition) is 6. The van der Waals surface area contributed by atoms with Crippen molar-refractivity contribution in [1.29, 1.82) is 0 Å². The molecule has 4 rings (SSSR count). The Kier molecular flexibility index (Phi) is 5.30. The van der Waals surface area contributed by atoms with Gasteiger partial charge in [0.2, 0.25) is 11.8 Å². The largest absolute Gasteiger partial charge is 0.273 e. The fraction of sp³-hybridized carbons (Fsp3) is 0.200. The molecule has 2 aromatic rings. The molecule has 4 nitrogen and oxygen atoms in total. The lowest BCUT2D eigenvalue weighted by molar-refractivity contribution is -0.121. The molecule has 0 saturated carbocycles. The summed E-state index contributed by atoms with van der Waals surface area (Å²) in [6.07, 6.45) is 0. The highest BCUT2D eigenvalue weighted by Crippen LogP contribution is 2.43. The van der Waals surface area contributed by atoms with Crippen LogP contribution in [0, 0.1) is 13.8 Å². The molecule has 0 bridgehead atoms. The summed E-state index contributed by atoms with van der Waals surface area (Å²) in [6.45, 7) is 3.88. The molecule has 2 atom stereocenters. The normalized spacial score (nSPS) is 22.5. The zero-order chi connectivity index (χ0) is 20.0. The van der Waals surface area contributed by atoms with Gasteiger partial charge in [-0.3, -0.25) is 19.4 Å². The van der Waals surface area contributed by atoms with Crippen molar-refractivity contribution >= 4 is 79.8 Å². The number of thiocarbonyl (C=S) groups is 2. The number of thioether (sulfide) groups is 2. The molecule has 2 aromatic carbocycles. The Bertz CT molecular complexity index is 941. The Hall–Kier alpha value is -1.74. The standard InChI is InChI=1S/C20H16N2O2S4/c1-11-7-3-5-9-13(11)21-17(23)15(27-19(21)25)16-18(24)22(20(26)28-16)14-10-6-4-8-12(14)2/h3-10,15-16H,1-2H3/t15-,16+. The molecule has 2 saturated heterocycles. The van der Waals surface area contributed by atoms with Gasteiger partial charge in [-0.25, -0.2) is 0 Å². The highest BCUT2D eigenvalue weighted by Gasteiger charge is 2.51. The third-order valence-corrected chi connectivity index (χ3v) is 8.07. The molecule has 0 N–H and O–H groups in total. The van der Waals surface area contributed by atoms with Gasteiger partial charge in [0.05, 0.1) is 11.4 Å². The van der Waals surface area contributed by atoms with Gasteiger partial charge in [-0.2, -0.15) is 0 Å². The lowest BCUT2D eigenvalue weighted by Crippen LogP contribution is -2.41. The molecule has 2 aliphatic rings. The summed E-state index contributed by atoms with van der Waals surface area (Å²) in [5, 5.41) is -1.17. The first kappa shape index (κ1) is 19.6. The molecule has 142 valence electrons. The minimum absolute atomic E-state index is 0.162. The van der Waals surface area contributed by atoms with Gasteiger partial charge in [-0.1, -0.05) is 84.4 Å². The maximum atomic E-state index is 13.2. The summed E-state index contributed by atoms with van der Waals surface area (Å²) < 4.78 is 0.941. The summed E-state index contributed by atoms with van der Waals surface area (Å²) in [5.74, 6) is -0.325. The van der Waals surface area contributed by atoms with E-state index in [4.69, 9.17) is 24.4 Å². The molecular formula is C20H16N2O2S4. The molecule has 8 heteroatoms. The van der Waals surface area contributed by atoms with Gasteiger partial charge in [0.25, 0.3) is 0 Å². The third kappa shape index (κ3) is 3.18. The number of carbonyl (C=O) groups is 2. The van der Waals surface area contributed by atoms with Crippen LogP contribution in [0.3, 0.4) is 0 Å². The first-order chi connectivity index (χ1) is 13.4. The SMILES string of the molecule is Cc1ccccc1N1C(=O)[C@H]([C@H]2SC(=S)N(c3ccccc3C)C2=O)SC1=S. The molecule has 0 aromatic heterocycles. The van der Waals surface area contributed by atoms with E-state index in [1.807, 2.05) is 62.4 Å². The van der Waals surface area contributed by atoms with Crippen molar-refractivity contribution in [3.8, 4) is 0 Å². The Morgan fingerprint density at radius 2 is 1.07 bits per heavy atom. The summed E-state index contributed by atoms with van der Waals surface area (Å²) in [6, 6.07) is 15.2. The first-order valence-corrected chi connectivity index (χ1v) is 11.2. The van der Waals surface area contributed by atoms with Crippen LogP contribution in [0.25, 0.3) is 0 Å². The Balaban J connectivity index is 1.64. The molecule has 2 aliphatic heterocycles. The fourth-order valence-electron chi connectivity index (χ4n) is 3.30. The maximum Gasteiger partial charge on any atom is 0.247 e. The molecular weight excluding hydrogens is 429 g/mol. The smallest absolute Gasteiger partial charge is 0.247 e. The number of nitrogens with zero attached hydrogens (tertiary/aromatic N) is 2. The van der Waals surface area contributed by atoms with Crippen LogP contribution in [0.5, 0.6) is 0 Å². The Morgan fingerprint density at radius 3 is 1.43 bits per heavy atom. The van der Waals surface area contributed by atoms with Crippen LogP contribution in [-0.2, 0) is 9.59 Å². The summed E-state index contributed by atoms with van der Waals surface area (Å²) >= 11 is 13.5. The lowest BCUT2D eigenvalue weighted by atomic mass is 10.1. The van der Waals surface area contributed by atoms with E-state index in [0.717, 1.165) is 22.5 Å². The summed E-state index contributed by atoms with van der Waals surface area (Å²) in [5.41, 5.74) is 3.45. The zero-order valence-corrected chi connectivity index (χ0v) is 18.4. The van der Waals surface area contributed by atoms with Crippen molar-refractivity contribution in [3.05, 3.63) is 59.7 Å². The van der Waals surface area contributed by atoms with Crippen LogP contribution in [0.1, 0.15) is 11.1 Å². The Morgan fingerprint density at radius 1 is 0.714 bits per heavy atom. The molecule has 28 heavy (non-hydrogen) atoms. The quantitative estimate of drug-likeness (QED) is 0.651. The predicted octanol–water partition coefficient (Wildman–Crippen LogP) is 4.47. The average Bonchev–Trinajstić information content (AvgIpc) is 3.12. The van der Waals surface area contributed by atoms with E-state index in [0.29, 0.717) is 8.64 Å². The molecule has 2 heterocycles. The van der Waals surface area contributed by atoms with Crippen molar-refractivity contribution in [2.24, 2.45) is 0 Å². The van der Waals surface area contributed by atoms with Gasteiger partial charge >= 0.3 is 0 Å². The number of rotatable bonds is 3. The third-order valence-electron chi connectivity index (χ3n) is 4.74. The van der Waals surface area contributed by atoms with E-state index >= 15 is 0 Å². The molecule has 0 aliphatic carbocycles. The highest BCUT2D eigenvalue weighted by atomic mass is 32.2. The minimum Gasteiger partial charge on any atom is -0.273 e. The fourth-order valence-corrected chi connectivity index (χ4v) is 6.55. The number of anilines is 2. The lowest BCUT2D eigenvalue weighted by Gasteiger charge is -2.20. The van der Waals surface area contributed by atoms with E-state index in [1.165, 1.54) is 23.5 Å². The molecule has 0 radical (unpaired) electrons. The van der Waals surface area contributed by atoms with Crippen LogP contribution in [-0.4, -0.2) is 31.0 Å². The van der Waals surface area contributed by atoms with E-state index in [-0.39, 0.29) is 11.8 Å². The molecule has 2 amide bonds. The van der Waals surface area contributed by atoms with Crippen molar-refractivity contribution in [1.82, 2.24) is 0 Å². The van der Waals surface area contributed by atoms with Gasteiger partial charge in [0.15, 0.2) is 0 Å². The highest BCUT2D eigenvalue weighted by molar-refractivity contribution is 8.28. The number of para-hydroxylation sites is 2. The predicted molar refractivity (Wildman–Crippen MR) is 125 cm³/mol. The molecule has 0 spiro atoms. The van der Waals surface area contributed by atoms with Gasteiger partial charge in [0, 0.05) is 0 Å². The number of hydrogen-bond donors (Lipinski definition) is 0. The van der Waals surface area contributed by atoms with Crippen LogP contribution >= 0.6 is 48.0 Å². The second kappa shape index (κ2) is 7.59. The molecule has 2 fully saturated rings. The maximum absolute atomic E-state index is 13.2. The molecule has 0 unspecified atom stereocenters. The van der Waals surface area contributed by atoms with E-state index in [9.17, 15) is 9.59 Å². The second-order valence-corrected chi connectivity index (χ2v) is 10.1. The van der Waals surface area contributed by atoms with Gasteiger partial charge < -0.3 is 0 Å². The van der Waals surface area contributed by atoms with Crippen molar-refractivity contribution in [3.63, 3.8) is 0 Å². The number of amides is 2. The van der Waals surface area contributed by atoms with Gasteiger partial charge in [-0.15, -0.1) is 0 Å². The Labute approximate surface area is 182 Å². The van der Waals surface area contributed by atoms with Gasteiger partial charge in [0.1, 0.15) is 19.1 Å². The monoisotopic (exact) mass is 444 g/mol. The van der Waals surface area contributed by atoms with E-state index < -0.39 is 10.5 Å². The van der Waals surface area contributed by atoms with Crippen molar-refractivity contribution in [2.45, 2.75) is 24.3 Å². The van der Waals surface area contributed by atoms with Crippen LogP contribution in [0.4, 0.5) is 11.4 Å². The van der Waals surface area contributed by atoms with Crippen molar-refractivity contribution in [2.75, 3.05) is 9.80 Å². The number of benzene rings is 2. The van der Waals surface area contributed by atoms with E-state index in [1.54, 1.807) is 9.80 Å². The first-order valence-electron chi connectivity index (χ1n) is 8.60. The average molecular weight is 445 g/mol. The summed E-state index contributed by atoms with van der Waals surface area (Å²) in [7, 11) is 0. The number of aryl methyl sites for hydroxylation is 2. The topological polar surface area (TPSA) is 40.6 Å². The minimum atomic E-state index is -0.587. The van der Waals surface area contributed by atoms with Crippen LogP contribution in [0.2, 0.25) is 0 Å².